The van der Waals surface area contributed by atoms with Gasteiger partial charge in [-0.2, -0.15) is 0 Å². The molecule has 0 aromatic rings. The van der Waals surface area contributed by atoms with Crippen LogP contribution in [0, 0.1) is 11.3 Å². The Bertz CT molecular complexity index is 164. The average molecular weight is 181 g/mol. The SMILES string of the molecule is CC1CCN(CC2(C)CCC2)CC1. The predicted octanol–water partition coefficient (Wildman–Crippen LogP) is 2.91. The van der Waals surface area contributed by atoms with Gasteiger partial charge in [0.05, 0.1) is 0 Å². The molecular weight excluding hydrogens is 158 g/mol. The van der Waals surface area contributed by atoms with Crippen molar-refractivity contribution in [2.45, 2.75) is 46.0 Å². The Labute approximate surface area is 82.5 Å². The zero-order valence-corrected chi connectivity index (χ0v) is 9.18. The van der Waals surface area contributed by atoms with Crippen molar-refractivity contribution in [3.8, 4) is 0 Å². The van der Waals surface area contributed by atoms with Gasteiger partial charge in [-0.25, -0.2) is 0 Å². The molecule has 0 unspecified atom stereocenters. The van der Waals surface area contributed by atoms with E-state index in [1.807, 2.05) is 0 Å². The van der Waals surface area contributed by atoms with Crippen LogP contribution in [-0.2, 0) is 0 Å². The minimum absolute atomic E-state index is 0.695. The maximum Gasteiger partial charge on any atom is 0.00353 e. The van der Waals surface area contributed by atoms with E-state index in [0.29, 0.717) is 5.41 Å². The summed E-state index contributed by atoms with van der Waals surface area (Å²) in [6.45, 7) is 8.95. The summed E-state index contributed by atoms with van der Waals surface area (Å²) in [5.74, 6) is 0.977. The molecule has 1 aliphatic carbocycles. The molecule has 1 nitrogen and oxygen atoms in total. The zero-order valence-electron chi connectivity index (χ0n) is 9.18. The lowest BCUT2D eigenvalue weighted by Crippen LogP contribution is -2.43. The topological polar surface area (TPSA) is 3.24 Å². The van der Waals surface area contributed by atoms with Gasteiger partial charge in [0.15, 0.2) is 0 Å². The van der Waals surface area contributed by atoms with E-state index in [4.69, 9.17) is 0 Å². The first kappa shape index (κ1) is 9.51. The molecule has 1 saturated heterocycles. The first-order valence-corrected chi connectivity index (χ1v) is 5.90. The third-order valence-corrected chi connectivity index (χ3v) is 4.04. The van der Waals surface area contributed by atoms with Crippen LogP contribution in [0.5, 0.6) is 0 Å². The molecule has 2 rings (SSSR count). The van der Waals surface area contributed by atoms with Crippen molar-refractivity contribution in [2.24, 2.45) is 11.3 Å². The lowest BCUT2D eigenvalue weighted by Gasteiger charge is -2.44. The van der Waals surface area contributed by atoms with Crippen LogP contribution in [0.1, 0.15) is 46.0 Å². The molecule has 13 heavy (non-hydrogen) atoms. The Morgan fingerprint density at radius 2 is 1.85 bits per heavy atom. The van der Waals surface area contributed by atoms with Gasteiger partial charge >= 0.3 is 0 Å². The van der Waals surface area contributed by atoms with E-state index in [2.05, 4.69) is 18.7 Å². The highest BCUT2D eigenvalue weighted by Gasteiger charge is 2.34. The van der Waals surface area contributed by atoms with Gasteiger partial charge in [-0.3, -0.25) is 0 Å². The van der Waals surface area contributed by atoms with Gasteiger partial charge in [0, 0.05) is 6.54 Å². The average Bonchev–Trinajstić information content (AvgIpc) is 2.06. The van der Waals surface area contributed by atoms with Crippen molar-refractivity contribution in [1.82, 2.24) is 4.90 Å². The van der Waals surface area contributed by atoms with Crippen molar-refractivity contribution in [3.05, 3.63) is 0 Å². The Hall–Kier alpha value is -0.0400. The molecule has 0 aromatic carbocycles. The van der Waals surface area contributed by atoms with Gasteiger partial charge in [-0.15, -0.1) is 0 Å². The van der Waals surface area contributed by atoms with Crippen molar-refractivity contribution in [3.63, 3.8) is 0 Å². The second-order valence-electron chi connectivity index (χ2n) is 5.62. The molecule has 0 aromatic heterocycles. The van der Waals surface area contributed by atoms with Gasteiger partial charge in [0.1, 0.15) is 0 Å². The molecule has 0 bridgehead atoms. The van der Waals surface area contributed by atoms with Crippen LogP contribution in [0.3, 0.4) is 0 Å². The lowest BCUT2D eigenvalue weighted by atomic mass is 9.70. The summed E-state index contributed by atoms with van der Waals surface area (Å²) in [5.41, 5.74) is 0.695. The number of hydrogen-bond acceptors (Lipinski definition) is 1. The number of rotatable bonds is 2. The van der Waals surface area contributed by atoms with Crippen LogP contribution in [0.25, 0.3) is 0 Å². The van der Waals surface area contributed by atoms with Crippen molar-refractivity contribution in [1.29, 1.82) is 0 Å². The molecule has 0 amide bonds. The minimum Gasteiger partial charge on any atom is -0.303 e. The second kappa shape index (κ2) is 3.61. The van der Waals surface area contributed by atoms with E-state index in [-0.39, 0.29) is 0 Å². The fourth-order valence-electron chi connectivity index (χ4n) is 2.70. The molecular formula is C12H23N. The first-order chi connectivity index (χ1) is 6.18. The fourth-order valence-corrected chi connectivity index (χ4v) is 2.70. The second-order valence-corrected chi connectivity index (χ2v) is 5.62. The standard InChI is InChI=1S/C12H23N/c1-11-4-8-13(9-5-11)10-12(2)6-3-7-12/h11H,3-10H2,1-2H3. The molecule has 2 aliphatic rings. The Balaban J connectivity index is 1.76. The first-order valence-electron chi connectivity index (χ1n) is 5.90. The zero-order chi connectivity index (χ0) is 9.31. The maximum absolute atomic E-state index is 2.69. The van der Waals surface area contributed by atoms with Crippen LogP contribution in [0.4, 0.5) is 0 Å². The summed E-state index contributed by atoms with van der Waals surface area (Å²) in [5, 5.41) is 0. The van der Waals surface area contributed by atoms with Crippen molar-refractivity contribution in [2.75, 3.05) is 19.6 Å². The molecule has 2 fully saturated rings. The fraction of sp³-hybridized carbons (Fsp3) is 1.00. The molecule has 0 spiro atoms. The predicted molar refractivity (Wildman–Crippen MR) is 56.8 cm³/mol. The quantitative estimate of drug-likeness (QED) is 0.633. The molecule has 76 valence electrons. The Morgan fingerprint density at radius 3 is 2.31 bits per heavy atom. The normalized spacial score (nSPS) is 30.0. The molecule has 0 radical (unpaired) electrons. The number of nitrogens with zero attached hydrogens (tertiary/aromatic N) is 1. The highest BCUT2D eigenvalue weighted by atomic mass is 15.1. The van der Waals surface area contributed by atoms with E-state index in [1.165, 1.54) is 51.7 Å². The molecule has 0 atom stereocenters. The van der Waals surface area contributed by atoms with Crippen molar-refractivity contribution < 1.29 is 0 Å². The summed E-state index contributed by atoms with van der Waals surface area (Å²) in [6, 6.07) is 0. The van der Waals surface area contributed by atoms with Gasteiger partial charge in [0.25, 0.3) is 0 Å². The Kier molecular flexibility index (Phi) is 2.64. The van der Waals surface area contributed by atoms with E-state index in [9.17, 15) is 0 Å². The van der Waals surface area contributed by atoms with Crippen LogP contribution in [0.15, 0.2) is 0 Å². The molecule has 1 aliphatic heterocycles. The minimum atomic E-state index is 0.695. The summed E-state index contributed by atoms with van der Waals surface area (Å²) in [7, 11) is 0. The van der Waals surface area contributed by atoms with Gasteiger partial charge < -0.3 is 4.90 Å². The van der Waals surface area contributed by atoms with E-state index < -0.39 is 0 Å². The maximum atomic E-state index is 2.69. The third-order valence-electron chi connectivity index (χ3n) is 4.04. The Morgan fingerprint density at radius 1 is 1.23 bits per heavy atom. The third kappa shape index (κ3) is 2.25. The number of likely N-dealkylation sites (tertiary alicyclic amines) is 1. The van der Waals surface area contributed by atoms with E-state index in [0.717, 1.165) is 5.92 Å². The summed E-state index contributed by atoms with van der Waals surface area (Å²) >= 11 is 0. The van der Waals surface area contributed by atoms with E-state index >= 15 is 0 Å². The molecule has 1 heteroatoms. The number of hydrogen-bond donors (Lipinski definition) is 0. The summed E-state index contributed by atoms with van der Waals surface area (Å²) in [4.78, 5) is 2.69. The smallest absolute Gasteiger partial charge is 0.00353 e. The lowest BCUT2D eigenvalue weighted by molar-refractivity contribution is 0.0657. The van der Waals surface area contributed by atoms with Crippen molar-refractivity contribution >= 4 is 0 Å². The summed E-state index contributed by atoms with van der Waals surface area (Å²) in [6.07, 6.45) is 7.27. The molecule has 1 heterocycles. The highest BCUT2D eigenvalue weighted by molar-refractivity contribution is 4.87. The van der Waals surface area contributed by atoms with Crippen LogP contribution in [-0.4, -0.2) is 24.5 Å². The van der Waals surface area contributed by atoms with Gasteiger partial charge in [-0.05, 0) is 50.1 Å². The van der Waals surface area contributed by atoms with Gasteiger partial charge in [-0.1, -0.05) is 20.3 Å². The highest BCUT2D eigenvalue weighted by Crippen LogP contribution is 2.41. The molecule has 1 saturated carbocycles. The van der Waals surface area contributed by atoms with E-state index in [1.54, 1.807) is 0 Å². The number of piperidine rings is 1. The monoisotopic (exact) mass is 181 g/mol. The largest absolute Gasteiger partial charge is 0.303 e. The molecule has 0 N–H and O–H groups in total. The van der Waals surface area contributed by atoms with Crippen LogP contribution < -0.4 is 0 Å². The summed E-state index contributed by atoms with van der Waals surface area (Å²) < 4.78 is 0. The van der Waals surface area contributed by atoms with Crippen LogP contribution in [0.2, 0.25) is 0 Å². The van der Waals surface area contributed by atoms with Gasteiger partial charge in [0.2, 0.25) is 0 Å². The van der Waals surface area contributed by atoms with Crippen LogP contribution >= 0.6 is 0 Å².